The fourth-order valence-electron chi connectivity index (χ4n) is 5.39. The average molecular weight is 545 g/mol. The van der Waals surface area contributed by atoms with Gasteiger partial charge in [-0.05, 0) is 53.1 Å². The van der Waals surface area contributed by atoms with Gasteiger partial charge >= 0.3 is 0 Å². The van der Waals surface area contributed by atoms with Crippen LogP contribution in [-0.2, 0) is 21.4 Å². The summed E-state index contributed by atoms with van der Waals surface area (Å²) in [5.41, 5.74) is 1.95. The molecule has 3 amide bonds. The van der Waals surface area contributed by atoms with Crippen molar-refractivity contribution in [3.05, 3.63) is 87.9 Å². The van der Waals surface area contributed by atoms with Crippen LogP contribution in [-0.4, -0.2) is 69.5 Å². The zero-order valence-electron chi connectivity index (χ0n) is 22.3. The van der Waals surface area contributed by atoms with E-state index in [1.165, 1.54) is 17.5 Å². The molecule has 1 aromatic carbocycles. The topological polar surface area (TPSA) is 99.7 Å². The lowest BCUT2D eigenvalue weighted by atomic mass is 9.86. The lowest BCUT2D eigenvalue weighted by Crippen LogP contribution is -2.53. The number of carbonyl (C=O) groups is 4. The van der Waals surface area contributed by atoms with Crippen LogP contribution in [0.4, 0.5) is 0 Å². The van der Waals surface area contributed by atoms with E-state index in [4.69, 9.17) is 0 Å². The second-order valence-corrected chi connectivity index (χ2v) is 12.1. The Kier molecular flexibility index (Phi) is 7.36. The van der Waals surface area contributed by atoms with Crippen molar-refractivity contribution in [2.45, 2.75) is 57.2 Å². The van der Waals surface area contributed by atoms with E-state index in [0.29, 0.717) is 30.5 Å². The van der Waals surface area contributed by atoms with E-state index in [0.717, 1.165) is 10.4 Å². The summed E-state index contributed by atoms with van der Waals surface area (Å²) in [5, 5.41) is 4.87. The monoisotopic (exact) mass is 544 g/mol. The first-order valence-electron chi connectivity index (χ1n) is 13.1. The Bertz CT molecular complexity index is 1370. The molecule has 0 saturated carbocycles. The van der Waals surface area contributed by atoms with Gasteiger partial charge in [-0.2, -0.15) is 0 Å². The van der Waals surface area contributed by atoms with Gasteiger partial charge < -0.3 is 15.1 Å². The second kappa shape index (κ2) is 10.7. The molecule has 2 aliphatic rings. The molecule has 8 nitrogen and oxygen atoms in total. The molecule has 2 aromatic heterocycles. The second-order valence-electron chi connectivity index (χ2n) is 11.1. The molecule has 0 radical (unpaired) electrons. The van der Waals surface area contributed by atoms with E-state index >= 15 is 0 Å². The fourth-order valence-corrected chi connectivity index (χ4v) is 6.14. The summed E-state index contributed by atoms with van der Waals surface area (Å²) in [6.45, 7) is 6.62. The number of benzene rings is 1. The molecule has 2 fully saturated rings. The molecule has 3 aromatic rings. The molecule has 0 bridgehead atoms. The maximum atomic E-state index is 13.9. The van der Waals surface area contributed by atoms with Gasteiger partial charge in [0.25, 0.3) is 11.8 Å². The van der Waals surface area contributed by atoms with Crippen molar-refractivity contribution in [2.24, 2.45) is 0 Å². The number of Topliss-reactive ketones (excluding diaryl/α,β-unsaturated/α-hetero) is 1. The molecule has 4 heterocycles. The first-order chi connectivity index (χ1) is 18.6. The van der Waals surface area contributed by atoms with Gasteiger partial charge in [0.15, 0.2) is 5.78 Å². The number of rotatable bonds is 6. The number of likely N-dealkylation sites (tertiary alicyclic amines) is 2. The van der Waals surface area contributed by atoms with Crippen molar-refractivity contribution < 1.29 is 19.2 Å². The summed E-state index contributed by atoms with van der Waals surface area (Å²) in [5.74, 6) is -1.07. The first kappa shape index (κ1) is 26.7. The molecule has 9 heteroatoms. The average Bonchev–Trinajstić information content (AvgIpc) is 3.67. The number of hydrogen-bond acceptors (Lipinski definition) is 6. The van der Waals surface area contributed by atoms with Gasteiger partial charge in [-0.1, -0.05) is 39.0 Å². The molecule has 202 valence electrons. The molecular formula is C30H32N4O4S. The minimum absolute atomic E-state index is 0.0426. The number of fused-ring (bicyclic) bond motifs is 1. The van der Waals surface area contributed by atoms with Crippen LogP contribution in [0.2, 0.25) is 0 Å². The van der Waals surface area contributed by atoms with Gasteiger partial charge in [0.1, 0.15) is 12.1 Å². The minimum Gasteiger partial charge on any atom is -0.340 e. The lowest BCUT2D eigenvalue weighted by molar-refractivity contribution is -0.138. The van der Waals surface area contributed by atoms with Crippen LogP contribution < -0.4 is 5.32 Å². The number of nitrogens with zero attached hydrogens (tertiary/aromatic N) is 3. The molecule has 3 atom stereocenters. The quantitative estimate of drug-likeness (QED) is 0.512. The van der Waals surface area contributed by atoms with Gasteiger partial charge in [-0.15, -0.1) is 11.3 Å². The molecule has 39 heavy (non-hydrogen) atoms. The summed E-state index contributed by atoms with van der Waals surface area (Å²) < 4.78 is 0. The zero-order valence-corrected chi connectivity index (χ0v) is 23.1. The highest BCUT2D eigenvalue weighted by atomic mass is 32.1. The molecular weight excluding hydrogens is 512 g/mol. The maximum Gasteiger partial charge on any atom is 0.256 e. The number of carbonyl (C=O) groups excluding carboxylic acids is 4. The lowest BCUT2D eigenvalue weighted by Gasteiger charge is -2.28. The van der Waals surface area contributed by atoms with E-state index in [1.54, 1.807) is 40.3 Å². The van der Waals surface area contributed by atoms with Crippen LogP contribution in [0.15, 0.2) is 66.3 Å². The predicted octanol–water partition coefficient (Wildman–Crippen LogP) is 3.48. The number of amides is 3. The number of hydrogen-bond donors (Lipinski definition) is 1. The third-order valence-electron chi connectivity index (χ3n) is 7.48. The van der Waals surface area contributed by atoms with Gasteiger partial charge in [0, 0.05) is 35.8 Å². The first-order valence-corrected chi connectivity index (χ1v) is 14.0. The van der Waals surface area contributed by atoms with Crippen LogP contribution in [0.25, 0.3) is 0 Å². The van der Waals surface area contributed by atoms with Crippen molar-refractivity contribution in [3.8, 4) is 0 Å². The molecule has 1 N–H and O–H groups in total. The zero-order chi connectivity index (χ0) is 27.7. The number of aromatic nitrogens is 1. The number of ketones is 1. The maximum absolute atomic E-state index is 13.9. The van der Waals surface area contributed by atoms with Crippen LogP contribution in [0.1, 0.15) is 58.3 Å². The van der Waals surface area contributed by atoms with E-state index in [2.05, 4.69) is 31.1 Å². The van der Waals surface area contributed by atoms with Crippen molar-refractivity contribution in [1.29, 1.82) is 0 Å². The van der Waals surface area contributed by atoms with Crippen molar-refractivity contribution in [1.82, 2.24) is 20.1 Å². The fraction of sp³-hybridized carbons (Fsp3) is 0.367. The molecule has 0 spiro atoms. The summed E-state index contributed by atoms with van der Waals surface area (Å²) in [6.07, 6.45) is 3.90. The number of thiophene rings is 1. The Labute approximate surface area is 232 Å². The molecule has 0 unspecified atom stereocenters. The minimum atomic E-state index is -0.840. The van der Waals surface area contributed by atoms with Crippen molar-refractivity contribution in [3.63, 3.8) is 0 Å². The highest BCUT2D eigenvalue weighted by Gasteiger charge is 2.52. The van der Waals surface area contributed by atoms with E-state index in [1.807, 2.05) is 29.6 Å². The Morgan fingerprint density at radius 3 is 2.46 bits per heavy atom. The Morgan fingerprint density at radius 1 is 1.05 bits per heavy atom. The summed E-state index contributed by atoms with van der Waals surface area (Å²) in [6, 6.07) is 12.7. The van der Waals surface area contributed by atoms with E-state index in [-0.39, 0.29) is 35.5 Å². The van der Waals surface area contributed by atoms with Crippen LogP contribution in [0.5, 0.6) is 0 Å². The van der Waals surface area contributed by atoms with Crippen molar-refractivity contribution in [2.75, 3.05) is 13.1 Å². The molecule has 5 rings (SSSR count). The Morgan fingerprint density at radius 2 is 1.82 bits per heavy atom. The third-order valence-corrected chi connectivity index (χ3v) is 8.38. The van der Waals surface area contributed by atoms with Crippen LogP contribution in [0, 0.1) is 0 Å². The van der Waals surface area contributed by atoms with Crippen LogP contribution >= 0.6 is 11.3 Å². The van der Waals surface area contributed by atoms with Gasteiger partial charge in [-0.3, -0.25) is 24.2 Å². The largest absolute Gasteiger partial charge is 0.340 e. The molecule has 2 saturated heterocycles. The highest BCUT2D eigenvalue weighted by Crippen LogP contribution is 2.32. The SMILES string of the molecule is CC(C)(C)c1ccc(C(=O)N[C@@H](Cc2cccs2)C(=O)N2CC[C@@H]3[C@H]2C(=O)CN3C(=O)c2cccnc2)cc1. The van der Waals surface area contributed by atoms with Crippen LogP contribution in [0.3, 0.4) is 0 Å². The molecule has 0 aliphatic carbocycles. The smallest absolute Gasteiger partial charge is 0.256 e. The summed E-state index contributed by atoms with van der Waals surface area (Å²) in [4.78, 5) is 61.5. The van der Waals surface area contributed by atoms with E-state index in [9.17, 15) is 19.2 Å². The standard InChI is InChI=1S/C30H32N4O4S/c1-30(2,3)21-10-8-19(9-11-21)27(36)32-23(16-22-7-5-15-39-22)29(38)33-14-12-24-26(33)25(35)18-34(24)28(37)20-6-4-13-31-17-20/h4-11,13,15,17,23-24,26H,12,14,16,18H2,1-3H3,(H,32,36)/t23-,24+,26-/m0/s1. The predicted molar refractivity (Wildman–Crippen MR) is 149 cm³/mol. The van der Waals surface area contributed by atoms with Gasteiger partial charge in [0.05, 0.1) is 18.2 Å². The summed E-state index contributed by atoms with van der Waals surface area (Å²) >= 11 is 1.51. The number of pyridine rings is 1. The molecule has 2 aliphatic heterocycles. The van der Waals surface area contributed by atoms with E-state index < -0.39 is 18.1 Å². The van der Waals surface area contributed by atoms with Gasteiger partial charge in [0.2, 0.25) is 5.91 Å². The normalized spacial score (nSPS) is 19.6. The highest BCUT2D eigenvalue weighted by molar-refractivity contribution is 7.09. The summed E-state index contributed by atoms with van der Waals surface area (Å²) in [7, 11) is 0. The van der Waals surface area contributed by atoms with Crippen molar-refractivity contribution >= 4 is 34.8 Å². The van der Waals surface area contributed by atoms with Gasteiger partial charge in [-0.25, -0.2) is 0 Å². The third kappa shape index (κ3) is 5.49. The number of nitrogens with one attached hydrogen (secondary N) is 1. The Hall–Kier alpha value is -3.85. The Balaban J connectivity index is 1.35.